The highest BCUT2D eigenvalue weighted by Gasteiger charge is 2.32. The molecule has 2 heterocycles. The largest absolute Gasteiger partial charge is 0.481 e. The van der Waals surface area contributed by atoms with Crippen LogP contribution in [0.4, 0.5) is 0 Å². The van der Waals surface area contributed by atoms with E-state index in [9.17, 15) is 14.7 Å². The quantitative estimate of drug-likeness (QED) is 0.713. The van der Waals surface area contributed by atoms with E-state index in [-0.39, 0.29) is 12.5 Å². The molecule has 1 amide bonds. The van der Waals surface area contributed by atoms with Gasteiger partial charge in [-0.15, -0.1) is 11.3 Å². The van der Waals surface area contributed by atoms with Gasteiger partial charge in [-0.2, -0.15) is 0 Å². The standard InChI is InChI=1S/C22H21NO3S/c24-21(11-5-7-16-14-27-20-10-4-3-9-18(16)20)23-12-15-6-1-2-8-17(15)19(13-23)22(25)26/h1-4,6,8-10,14,19H,5,7,11-13H2,(H,25,26). The molecule has 2 aromatic carbocycles. The molecule has 0 fully saturated rings. The van der Waals surface area contributed by atoms with Crippen LogP contribution in [0.1, 0.15) is 35.4 Å². The van der Waals surface area contributed by atoms with E-state index in [1.54, 1.807) is 16.2 Å². The number of aryl methyl sites for hydroxylation is 1. The van der Waals surface area contributed by atoms with E-state index < -0.39 is 11.9 Å². The third-order valence-electron chi connectivity index (χ3n) is 5.24. The number of carbonyl (C=O) groups excluding carboxylic acids is 1. The minimum atomic E-state index is -0.871. The van der Waals surface area contributed by atoms with Gasteiger partial charge in [0.05, 0.1) is 5.92 Å². The second-order valence-corrected chi connectivity index (χ2v) is 7.89. The summed E-state index contributed by atoms with van der Waals surface area (Å²) in [4.78, 5) is 26.0. The summed E-state index contributed by atoms with van der Waals surface area (Å²) in [5.41, 5.74) is 3.06. The van der Waals surface area contributed by atoms with Gasteiger partial charge in [0, 0.05) is 24.2 Å². The molecule has 1 aliphatic heterocycles. The number of nitrogens with zero attached hydrogens (tertiary/aromatic N) is 1. The van der Waals surface area contributed by atoms with Gasteiger partial charge >= 0.3 is 5.97 Å². The summed E-state index contributed by atoms with van der Waals surface area (Å²) in [5.74, 6) is -1.47. The maximum atomic E-state index is 12.7. The molecule has 0 bridgehead atoms. The van der Waals surface area contributed by atoms with Crippen LogP contribution in [-0.4, -0.2) is 28.4 Å². The molecule has 0 saturated heterocycles. The van der Waals surface area contributed by atoms with Gasteiger partial charge in [0.2, 0.25) is 5.91 Å². The van der Waals surface area contributed by atoms with Gasteiger partial charge in [0.25, 0.3) is 0 Å². The molecule has 27 heavy (non-hydrogen) atoms. The Hall–Kier alpha value is -2.66. The minimum Gasteiger partial charge on any atom is -0.481 e. The van der Waals surface area contributed by atoms with E-state index in [1.165, 1.54) is 15.6 Å². The first kappa shape index (κ1) is 17.7. The monoisotopic (exact) mass is 379 g/mol. The lowest BCUT2D eigenvalue weighted by atomic mass is 9.89. The van der Waals surface area contributed by atoms with Crippen molar-refractivity contribution in [1.82, 2.24) is 4.90 Å². The average molecular weight is 379 g/mol. The zero-order chi connectivity index (χ0) is 18.8. The third-order valence-corrected chi connectivity index (χ3v) is 6.26. The van der Waals surface area contributed by atoms with Crippen LogP contribution >= 0.6 is 11.3 Å². The van der Waals surface area contributed by atoms with Crippen molar-refractivity contribution < 1.29 is 14.7 Å². The maximum absolute atomic E-state index is 12.7. The molecule has 3 aromatic rings. The first-order valence-electron chi connectivity index (χ1n) is 9.17. The number of hydrogen-bond donors (Lipinski definition) is 1. The lowest BCUT2D eigenvalue weighted by molar-refractivity contribution is -0.141. The number of carbonyl (C=O) groups is 2. The topological polar surface area (TPSA) is 57.6 Å². The van der Waals surface area contributed by atoms with Gasteiger partial charge in [0.1, 0.15) is 0 Å². The Morgan fingerprint density at radius 1 is 1.11 bits per heavy atom. The van der Waals surface area contributed by atoms with Gasteiger partial charge in [-0.1, -0.05) is 42.5 Å². The van der Waals surface area contributed by atoms with Crippen LogP contribution in [0.2, 0.25) is 0 Å². The predicted octanol–water partition coefficient (Wildman–Crippen LogP) is 4.43. The Labute approximate surface area is 162 Å². The van der Waals surface area contributed by atoms with Crippen molar-refractivity contribution in [3.05, 3.63) is 70.6 Å². The molecule has 0 spiro atoms. The summed E-state index contributed by atoms with van der Waals surface area (Å²) in [7, 11) is 0. The van der Waals surface area contributed by atoms with E-state index in [4.69, 9.17) is 0 Å². The Bertz CT molecular complexity index is 994. The van der Waals surface area contributed by atoms with E-state index in [0.717, 1.165) is 24.0 Å². The predicted molar refractivity (Wildman–Crippen MR) is 107 cm³/mol. The lowest BCUT2D eigenvalue weighted by Gasteiger charge is -2.33. The smallest absolute Gasteiger partial charge is 0.312 e. The number of hydrogen-bond acceptors (Lipinski definition) is 3. The Morgan fingerprint density at radius 2 is 1.89 bits per heavy atom. The Balaban J connectivity index is 1.41. The van der Waals surface area contributed by atoms with Crippen molar-refractivity contribution in [1.29, 1.82) is 0 Å². The van der Waals surface area contributed by atoms with E-state index in [1.807, 2.05) is 36.4 Å². The SMILES string of the molecule is O=C(O)C1CN(C(=O)CCCc2csc3ccccc23)Cc2ccccc21. The zero-order valence-corrected chi connectivity index (χ0v) is 15.7. The molecule has 4 nitrogen and oxygen atoms in total. The Kier molecular flexibility index (Phi) is 4.94. The van der Waals surface area contributed by atoms with Crippen LogP contribution < -0.4 is 0 Å². The second-order valence-electron chi connectivity index (χ2n) is 6.97. The summed E-state index contributed by atoms with van der Waals surface area (Å²) in [6.07, 6.45) is 2.08. The van der Waals surface area contributed by atoms with Gasteiger partial charge in [-0.05, 0) is 46.4 Å². The molecule has 1 aromatic heterocycles. The number of fused-ring (bicyclic) bond motifs is 2. The molecular weight excluding hydrogens is 358 g/mol. The number of amides is 1. The molecule has 1 atom stereocenters. The number of aliphatic carboxylic acids is 1. The minimum absolute atomic E-state index is 0.0373. The summed E-state index contributed by atoms with van der Waals surface area (Å²) in [6.45, 7) is 0.757. The summed E-state index contributed by atoms with van der Waals surface area (Å²) in [5, 5.41) is 13.0. The van der Waals surface area contributed by atoms with Crippen molar-refractivity contribution in [3.8, 4) is 0 Å². The first-order valence-corrected chi connectivity index (χ1v) is 10.0. The molecular formula is C22H21NO3S. The third kappa shape index (κ3) is 3.60. The van der Waals surface area contributed by atoms with Gasteiger partial charge in [0.15, 0.2) is 0 Å². The second kappa shape index (κ2) is 7.53. The summed E-state index contributed by atoms with van der Waals surface area (Å²) >= 11 is 1.74. The highest BCUT2D eigenvalue weighted by atomic mass is 32.1. The molecule has 0 radical (unpaired) electrons. The number of carboxylic acid groups (broad SMARTS) is 1. The van der Waals surface area contributed by atoms with Crippen LogP contribution in [0.25, 0.3) is 10.1 Å². The van der Waals surface area contributed by atoms with Crippen molar-refractivity contribution in [2.75, 3.05) is 6.54 Å². The summed E-state index contributed by atoms with van der Waals surface area (Å²) < 4.78 is 1.27. The molecule has 1 N–H and O–H groups in total. The van der Waals surface area contributed by atoms with Crippen molar-refractivity contribution >= 4 is 33.3 Å². The van der Waals surface area contributed by atoms with Crippen LogP contribution in [0, 0.1) is 0 Å². The Morgan fingerprint density at radius 3 is 2.74 bits per heavy atom. The van der Waals surface area contributed by atoms with E-state index >= 15 is 0 Å². The lowest BCUT2D eigenvalue weighted by Crippen LogP contribution is -2.40. The molecule has 4 rings (SSSR count). The number of thiophene rings is 1. The average Bonchev–Trinajstić information content (AvgIpc) is 3.10. The first-order chi connectivity index (χ1) is 13.1. The molecule has 1 unspecified atom stereocenters. The van der Waals surface area contributed by atoms with Gasteiger partial charge < -0.3 is 10.0 Å². The summed E-state index contributed by atoms with van der Waals surface area (Å²) in [6, 6.07) is 15.9. The molecule has 5 heteroatoms. The van der Waals surface area contributed by atoms with Gasteiger partial charge in [-0.25, -0.2) is 0 Å². The van der Waals surface area contributed by atoms with Gasteiger partial charge in [-0.3, -0.25) is 9.59 Å². The van der Waals surface area contributed by atoms with Crippen LogP contribution in [0.5, 0.6) is 0 Å². The zero-order valence-electron chi connectivity index (χ0n) is 14.9. The molecule has 1 aliphatic rings. The van der Waals surface area contributed by atoms with Crippen LogP contribution in [0.15, 0.2) is 53.9 Å². The van der Waals surface area contributed by atoms with Crippen LogP contribution in [0.3, 0.4) is 0 Å². The van der Waals surface area contributed by atoms with Crippen LogP contribution in [-0.2, 0) is 22.6 Å². The highest BCUT2D eigenvalue weighted by molar-refractivity contribution is 7.17. The fourth-order valence-electron chi connectivity index (χ4n) is 3.82. The van der Waals surface area contributed by atoms with E-state index in [2.05, 4.69) is 17.5 Å². The van der Waals surface area contributed by atoms with Crippen molar-refractivity contribution in [2.45, 2.75) is 31.7 Å². The normalized spacial score (nSPS) is 16.3. The number of benzene rings is 2. The fourth-order valence-corrected chi connectivity index (χ4v) is 4.82. The number of carboxylic acids is 1. The molecule has 0 saturated carbocycles. The fraction of sp³-hybridized carbons (Fsp3) is 0.273. The van der Waals surface area contributed by atoms with Crippen molar-refractivity contribution in [3.63, 3.8) is 0 Å². The molecule has 138 valence electrons. The maximum Gasteiger partial charge on any atom is 0.312 e. The van der Waals surface area contributed by atoms with E-state index in [0.29, 0.717) is 13.0 Å². The molecule has 0 aliphatic carbocycles. The van der Waals surface area contributed by atoms with Crippen molar-refractivity contribution in [2.24, 2.45) is 0 Å². The number of rotatable bonds is 5. The highest BCUT2D eigenvalue weighted by Crippen LogP contribution is 2.30.